The molecule has 0 radical (unpaired) electrons. The van der Waals surface area contributed by atoms with E-state index in [0.717, 1.165) is 33.8 Å². The third kappa shape index (κ3) is 2.92. The number of thiocarbonyl (C=S) groups is 1. The van der Waals surface area contributed by atoms with E-state index < -0.39 is 0 Å². The number of fused-ring (bicyclic) bond motifs is 5. The Morgan fingerprint density at radius 1 is 1.20 bits per heavy atom. The average molecular weight is 363 g/mol. The van der Waals surface area contributed by atoms with Crippen molar-refractivity contribution in [3.63, 3.8) is 0 Å². The molecule has 2 nitrogen and oxygen atoms in total. The Morgan fingerprint density at radius 3 is 2.84 bits per heavy atom. The molecule has 2 heterocycles. The Hall–Kier alpha value is -2.30. The fraction of sp³-hybridized carbons (Fsp3) is 0.143. The van der Waals surface area contributed by atoms with Gasteiger partial charge >= 0.3 is 0 Å². The van der Waals surface area contributed by atoms with Gasteiger partial charge in [-0.25, -0.2) is 4.98 Å². The molecule has 0 atom stereocenters. The number of hydrogen-bond acceptors (Lipinski definition) is 3. The Labute approximate surface area is 156 Å². The van der Waals surface area contributed by atoms with E-state index in [1.165, 1.54) is 21.3 Å². The lowest BCUT2D eigenvalue weighted by atomic mass is 10.1. The molecule has 2 aromatic heterocycles. The zero-order valence-electron chi connectivity index (χ0n) is 14.0. The quantitative estimate of drug-likeness (QED) is 0.241. The van der Waals surface area contributed by atoms with Gasteiger partial charge in [0.25, 0.3) is 0 Å². The van der Waals surface area contributed by atoms with Crippen LogP contribution in [0.4, 0.5) is 0 Å². The molecular formula is C21H18N2S2. The van der Waals surface area contributed by atoms with Crippen LogP contribution in [-0.2, 0) is 6.42 Å². The number of thiazole rings is 1. The highest BCUT2D eigenvalue weighted by molar-refractivity contribution is 7.80. The zero-order chi connectivity index (χ0) is 17.4. The number of hydrogen-bond donors (Lipinski definition) is 0. The SMILES string of the molecule is C=C/C(C)=C\C(=S)CCc1cccc2c1sc1nc3ccccc3n12. The Morgan fingerprint density at radius 2 is 2.00 bits per heavy atom. The number of imidazole rings is 1. The van der Waals surface area contributed by atoms with Gasteiger partial charge in [-0.05, 0) is 49.6 Å². The average Bonchev–Trinajstić information content (AvgIpc) is 3.15. The lowest BCUT2D eigenvalue weighted by Crippen LogP contribution is -1.95. The summed E-state index contributed by atoms with van der Waals surface area (Å²) in [5.74, 6) is 0. The predicted octanol–water partition coefficient (Wildman–Crippen LogP) is 6.14. The Bertz CT molecular complexity index is 1140. The summed E-state index contributed by atoms with van der Waals surface area (Å²) in [6.45, 7) is 5.81. The third-order valence-electron chi connectivity index (χ3n) is 4.39. The number of benzene rings is 2. The zero-order valence-corrected chi connectivity index (χ0v) is 15.7. The summed E-state index contributed by atoms with van der Waals surface area (Å²) in [5, 5.41) is 0. The molecule has 0 fully saturated rings. The van der Waals surface area contributed by atoms with Crippen molar-refractivity contribution in [1.29, 1.82) is 0 Å². The molecule has 0 saturated heterocycles. The number of allylic oxidation sites excluding steroid dienone is 3. The molecule has 0 amide bonds. The maximum absolute atomic E-state index is 5.49. The number of rotatable bonds is 5. The van der Waals surface area contributed by atoms with E-state index in [1.807, 2.05) is 25.1 Å². The number of para-hydroxylation sites is 2. The second-order valence-electron chi connectivity index (χ2n) is 6.14. The van der Waals surface area contributed by atoms with Gasteiger partial charge in [-0.15, -0.1) is 0 Å². The lowest BCUT2D eigenvalue weighted by molar-refractivity contribution is 1.07. The topological polar surface area (TPSA) is 17.3 Å². The van der Waals surface area contributed by atoms with Crippen molar-refractivity contribution in [3.8, 4) is 0 Å². The molecule has 0 saturated carbocycles. The summed E-state index contributed by atoms with van der Waals surface area (Å²) in [5.41, 5.74) is 5.90. The lowest BCUT2D eigenvalue weighted by Gasteiger charge is -2.03. The van der Waals surface area contributed by atoms with Crippen LogP contribution in [0.5, 0.6) is 0 Å². The van der Waals surface area contributed by atoms with Gasteiger partial charge < -0.3 is 0 Å². The van der Waals surface area contributed by atoms with Crippen molar-refractivity contribution < 1.29 is 0 Å². The Kier molecular flexibility index (Phi) is 4.24. The maximum atomic E-state index is 5.49. The van der Waals surface area contributed by atoms with E-state index in [-0.39, 0.29) is 0 Å². The monoisotopic (exact) mass is 362 g/mol. The van der Waals surface area contributed by atoms with E-state index in [9.17, 15) is 0 Å². The minimum absolute atomic E-state index is 0.876. The molecule has 124 valence electrons. The Balaban J connectivity index is 1.74. The second-order valence-corrected chi connectivity index (χ2v) is 7.65. The summed E-state index contributed by atoms with van der Waals surface area (Å²) in [6.07, 6.45) is 5.70. The van der Waals surface area contributed by atoms with Gasteiger partial charge in [0.2, 0.25) is 0 Å². The number of nitrogens with zero attached hydrogens (tertiary/aromatic N) is 2. The van der Waals surface area contributed by atoms with Crippen LogP contribution in [-0.4, -0.2) is 14.2 Å². The largest absolute Gasteiger partial charge is 0.283 e. The fourth-order valence-corrected chi connectivity index (χ4v) is 4.57. The van der Waals surface area contributed by atoms with E-state index in [4.69, 9.17) is 17.2 Å². The van der Waals surface area contributed by atoms with Crippen molar-refractivity contribution in [1.82, 2.24) is 9.38 Å². The van der Waals surface area contributed by atoms with Gasteiger partial charge in [-0.1, -0.05) is 66.0 Å². The molecule has 4 rings (SSSR count). The second kappa shape index (κ2) is 6.54. The van der Waals surface area contributed by atoms with Crippen molar-refractivity contribution in [2.24, 2.45) is 0 Å². The van der Waals surface area contributed by atoms with E-state index >= 15 is 0 Å². The van der Waals surface area contributed by atoms with Gasteiger partial charge in [-0.2, -0.15) is 0 Å². The van der Waals surface area contributed by atoms with E-state index in [2.05, 4.69) is 47.4 Å². The molecule has 2 aromatic carbocycles. The number of aromatic nitrogens is 2. The third-order valence-corrected chi connectivity index (χ3v) is 5.85. The number of aryl methyl sites for hydroxylation is 1. The van der Waals surface area contributed by atoms with Crippen LogP contribution >= 0.6 is 23.6 Å². The standard InChI is InChI=1S/C21H18N2S2/c1-3-14(2)13-16(24)12-11-15-7-6-10-19-20(15)25-21-22-17-8-4-5-9-18(17)23(19)21/h3-10,13H,1,11-12H2,2H3/b14-13-. The molecule has 0 aliphatic rings. The molecule has 4 heteroatoms. The minimum atomic E-state index is 0.876. The van der Waals surface area contributed by atoms with Gasteiger partial charge in [0, 0.05) is 4.86 Å². The molecule has 0 N–H and O–H groups in total. The molecule has 0 bridgehead atoms. The first-order valence-electron chi connectivity index (χ1n) is 8.28. The van der Waals surface area contributed by atoms with Crippen molar-refractivity contribution in [2.75, 3.05) is 0 Å². The molecule has 0 aliphatic carbocycles. The molecule has 4 aromatic rings. The fourth-order valence-electron chi connectivity index (χ4n) is 3.10. The highest BCUT2D eigenvalue weighted by Gasteiger charge is 2.13. The van der Waals surface area contributed by atoms with Gasteiger partial charge in [0.05, 0.1) is 21.3 Å². The first-order valence-corrected chi connectivity index (χ1v) is 9.51. The van der Waals surface area contributed by atoms with E-state index in [0.29, 0.717) is 0 Å². The summed E-state index contributed by atoms with van der Waals surface area (Å²) in [6, 6.07) is 14.8. The molecule has 0 aliphatic heterocycles. The smallest absolute Gasteiger partial charge is 0.195 e. The highest BCUT2D eigenvalue weighted by Crippen LogP contribution is 2.33. The molecule has 25 heavy (non-hydrogen) atoms. The van der Waals surface area contributed by atoms with Gasteiger partial charge in [-0.3, -0.25) is 4.40 Å². The summed E-state index contributed by atoms with van der Waals surface area (Å²) >= 11 is 7.25. The highest BCUT2D eigenvalue weighted by atomic mass is 32.1. The maximum Gasteiger partial charge on any atom is 0.195 e. The molecule has 0 unspecified atom stereocenters. The van der Waals surface area contributed by atoms with Crippen LogP contribution in [0.15, 0.2) is 66.8 Å². The van der Waals surface area contributed by atoms with Crippen LogP contribution < -0.4 is 0 Å². The summed E-state index contributed by atoms with van der Waals surface area (Å²) < 4.78 is 3.57. The van der Waals surface area contributed by atoms with Gasteiger partial charge in [0.15, 0.2) is 4.96 Å². The first kappa shape index (κ1) is 16.2. The first-order chi connectivity index (χ1) is 12.2. The predicted molar refractivity (Wildman–Crippen MR) is 113 cm³/mol. The van der Waals surface area contributed by atoms with Crippen LogP contribution in [0, 0.1) is 0 Å². The van der Waals surface area contributed by atoms with Crippen LogP contribution in [0.25, 0.3) is 26.2 Å². The molecular weight excluding hydrogens is 344 g/mol. The van der Waals surface area contributed by atoms with Crippen LogP contribution in [0.2, 0.25) is 0 Å². The van der Waals surface area contributed by atoms with Crippen molar-refractivity contribution in [2.45, 2.75) is 19.8 Å². The minimum Gasteiger partial charge on any atom is -0.283 e. The van der Waals surface area contributed by atoms with Crippen LogP contribution in [0.1, 0.15) is 18.9 Å². The van der Waals surface area contributed by atoms with Crippen LogP contribution in [0.3, 0.4) is 0 Å². The van der Waals surface area contributed by atoms with Crippen molar-refractivity contribution >= 4 is 54.6 Å². The molecule has 0 spiro atoms. The van der Waals surface area contributed by atoms with E-state index in [1.54, 1.807) is 11.3 Å². The van der Waals surface area contributed by atoms with Gasteiger partial charge in [0.1, 0.15) is 0 Å². The normalized spacial score (nSPS) is 12.3. The van der Waals surface area contributed by atoms with Crippen molar-refractivity contribution in [3.05, 3.63) is 72.3 Å². The summed E-state index contributed by atoms with van der Waals surface area (Å²) in [7, 11) is 0. The summed E-state index contributed by atoms with van der Waals surface area (Å²) in [4.78, 5) is 6.80.